The van der Waals surface area contributed by atoms with Gasteiger partial charge in [-0.05, 0) is 12.1 Å². The van der Waals surface area contributed by atoms with Crippen molar-refractivity contribution >= 4 is 17.6 Å². The van der Waals surface area contributed by atoms with Gasteiger partial charge in [-0.3, -0.25) is 14.6 Å². The van der Waals surface area contributed by atoms with Crippen molar-refractivity contribution in [2.75, 3.05) is 12.3 Å². The Labute approximate surface area is 86.2 Å². The summed E-state index contributed by atoms with van der Waals surface area (Å²) in [5.74, 6) is -1.45. The van der Waals surface area contributed by atoms with Crippen LogP contribution in [-0.2, 0) is 20.7 Å². The van der Waals surface area contributed by atoms with Gasteiger partial charge < -0.3 is 16.2 Å². The van der Waals surface area contributed by atoms with Crippen molar-refractivity contribution in [3.8, 4) is 0 Å². The Morgan fingerprint density at radius 1 is 1.40 bits per heavy atom. The Morgan fingerprint density at radius 2 is 2.13 bits per heavy atom. The molecule has 0 unspecified atom stereocenters. The van der Waals surface area contributed by atoms with Crippen LogP contribution >= 0.6 is 0 Å². The number of esters is 2. The number of rotatable bonds is 3. The molecule has 0 spiro atoms. The lowest BCUT2D eigenvalue weighted by atomic mass is 10.2. The van der Waals surface area contributed by atoms with Gasteiger partial charge >= 0.3 is 11.9 Å². The molecule has 0 radical (unpaired) electrons. The maximum absolute atomic E-state index is 11.1. The van der Waals surface area contributed by atoms with E-state index in [0.717, 1.165) is 0 Å². The lowest BCUT2D eigenvalue weighted by Crippen LogP contribution is -2.21. The number of nitrogen functional groups attached to an aromatic ring is 1. The van der Waals surface area contributed by atoms with Crippen molar-refractivity contribution in [2.24, 2.45) is 5.73 Å². The van der Waals surface area contributed by atoms with E-state index in [1.807, 2.05) is 0 Å². The molecule has 6 heteroatoms. The van der Waals surface area contributed by atoms with Gasteiger partial charge in [0.15, 0.2) is 0 Å². The molecule has 0 fully saturated rings. The van der Waals surface area contributed by atoms with Crippen molar-refractivity contribution in [1.82, 2.24) is 4.98 Å². The van der Waals surface area contributed by atoms with E-state index in [9.17, 15) is 9.59 Å². The summed E-state index contributed by atoms with van der Waals surface area (Å²) in [5.41, 5.74) is 11.4. The Bertz CT molecular complexity index is 379. The van der Waals surface area contributed by atoms with Crippen molar-refractivity contribution in [1.29, 1.82) is 0 Å². The molecule has 0 aliphatic rings. The highest BCUT2D eigenvalue weighted by Crippen LogP contribution is 2.04. The minimum Gasteiger partial charge on any atom is -0.399 e. The fourth-order valence-electron chi connectivity index (χ4n) is 0.946. The first-order valence-electron chi connectivity index (χ1n) is 4.26. The van der Waals surface area contributed by atoms with Gasteiger partial charge in [0.2, 0.25) is 0 Å². The maximum atomic E-state index is 11.1. The number of pyridine rings is 1. The van der Waals surface area contributed by atoms with Crippen LogP contribution in [0.5, 0.6) is 0 Å². The average Bonchev–Trinajstić information content (AvgIpc) is 2.17. The molecule has 1 aromatic rings. The Balaban J connectivity index is 2.55. The average molecular weight is 209 g/mol. The molecule has 0 aromatic carbocycles. The molecule has 0 bridgehead atoms. The number of hydrogen-bond acceptors (Lipinski definition) is 6. The van der Waals surface area contributed by atoms with Crippen LogP contribution in [0.3, 0.4) is 0 Å². The molecule has 0 saturated heterocycles. The van der Waals surface area contributed by atoms with Crippen LogP contribution in [0.15, 0.2) is 18.3 Å². The molecule has 1 heterocycles. The van der Waals surface area contributed by atoms with Crippen LogP contribution < -0.4 is 11.5 Å². The van der Waals surface area contributed by atoms with Gasteiger partial charge in [-0.1, -0.05) is 0 Å². The summed E-state index contributed by atoms with van der Waals surface area (Å²) in [7, 11) is 0. The highest BCUT2D eigenvalue weighted by molar-refractivity contribution is 5.87. The molecular formula is C9H11N3O3. The summed E-state index contributed by atoms with van der Waals surface area (Å²) in [6.07, 6.45) is 1.37. The molecule has 0 aliphatic heterocycles. The van der Waals surface area contributed by atoms with Gasteiger partial charge in [0.05, 0.1) is 18.7 Å². The van der Waals surface area contributed by atoms with E-state index in [0.29, 0.717) is 11.4 Å². The number of nitrogens with two attached hydrogens (primary N) is 2. The highest BCUT2D eigenvalue weighted by atomic mass is 16.6. The summed E-state index contributed by atoms with van der Waals surface area (Å²) in [6.45, 7) is -0.323. The monoisotopic (exact) mass is 209 g/mol. The smallest absolute Gasteiger partial charge is 0.327 e. The summed E-state index contributed by atoms with van der Waals surface area (Å²) in [4.78, 5) is 25.7. The Morgan fingerprint density at radius 3 is 2.73 bits per heavy atom. The third-order valence-electron chi connectivity index (χ3n) is 1.56. The van der Waals surface area contributed by atoms with E-state index < -0.39 is 11.9 Å². The topological polar surface area (TPSA) is 108 Å². The van der Waals surface area contributed by atoms with Crippen LogP contribution in [-0.4, -0.2) is 23.5 Å². The molecule has 1 rings (SSSR count). The maximum Gasteiger partial charge on any atom is 0.327 e. The van der Waals surface area contributed by atoms with E-state index in [1.165, 1.54) is 12.3 Å². The lowest BCUT2D eigenvalue weighted by Gasteiger charge is -2.01. The second-order valence-electron chi connectivity index (χ2n) is 2.81. The van der Waals surface area contributed by atoms with Gasteiger partial charge in [0, 0.05) is 11.9 Å². The van der Waals surface area contributed by atoms with Gasteiger partial charge in [-0.15, -0.1) is 0 Å². The fourth-order valence-corrected chi connectivity index (χ4v) is 0.946. The molecule has 0 atom stereocenters. The van der Waals surface area contributed by atoms with E-state index in [2.05, 4.69) is 9.72 Å². The molecule has 0 amide bonds. The fraction of sp³-hybridized carbons (Fsp3) is 0.222. The third kappa shape index (κ3) is 3.74. The van der Waals surface area contributed by atoms with Gasteiger partial charge in [0.1, 0.15) is 0 Å². The Kier molecular flexibility index (Phi) is 3.75. The molecular weight excluding hydrogens is 198 g/mol. The van der Waals surface area contributed by atoms with Gasteiger partial charge in [-0.2, -0.15) is 0 Å². The number of aromatic nitrogens is 1. The van der Waals surface area contributed by atoms with E-state index >= 15 is 0 Å². The number of anilines is 1. The summed E-state index contributed by atoms with van der Waals surface area (Å²) in [6, 6.07) is 3.13. The predicted octanol–water partition coefficient (Wildman–Crippen LogP) is -0.765. The summed E-state index contributed by atoms with van der Waals surface area (Å²) in [5, 5.41) is 0. The van der Waals surface area contributed by atoms with E-state index in [-0.39, 0.29) is 13.0 Å². The first-order valence-corrected chi connectivity index (χ1v) is 4.26. The van der Waals surface area contributed by atoms with Crippen LogP contribution in [0.4, 0.5) is 5.69 Å². The first kappa shape index (κ1) is 11.1. The minimum absolute atomic E-state index is 0.100. The van der Waals surface area contributed by atoms with E-state index in [4.69, 9.17) is 11.5 Å². The standard InChI is InChI=1S/C9H11N3O3/c10-5-9(14)15-8(13)4-7-3-6(11)1-2-12-7/h1-3H,4-5,10H2,(H2,11,12). The molecule has 4 N–H and O–H groups in total. The van der Waals surface area contributed by atoms with Crippen molar-refractivity contribution in [3.63, 3.8) is 0 Å². The van der Waals surface area contributed by atoms with Crippen molar-refractivity contribution < 1.29 is 14.3 Å². The second kappa shape index (κ2) is 5.06. The first-order chi connectivity index (χ1) is 7.11. The number of nitrogens with zero attached hydrogens (tertiary/aromatic N) is 1. The molecule has 1 aromatic heterocycles. The van der Waals surface area contributed by atoms with Crippen LogP contribution in [0.2, 0.25) is 0 Å². The van der Waals surface area contributed by atoms with Gasteiger partial charge in [-0.25, -0.2) is 0 Å². The summed E-state index contributed by atoms with van der Waals surface area (Å²) >= 11 is 0. The normalized spacial score (nSPS) is 9.67. The van der Waals surface area contributed by atoms with Gasteiger partial charge in [0.25, 0.3) is 0 Å². The van der Waals surface area contributed by atoms with Crippen LogP contribution in [0.25, 0.3) is 0 Å². The Hall–Kier alpha value is -1.95. The zero-order valence-corrected chi connectivity index (χ0v) is 7.97. The molecule has 0 aliphatic carbocycles. The summed E-state index contributed by atoms with van der Waals surface area (Å²) < 4.78 is 4.36. The largest absolute Gasteiger partial charge is 0.399 e. The highest BCUT2D eigenvalue weighted by Gasteiger charge is 2.10. The van der Waals surface area contributed by atoms with Crippen LogP contribution in [0.1, 0.15) is 5.69 Å². The molecule has 80 valence electrons. The molecule has 0 saturated carbocycles. The number of hydrogen-bond donors (Lipinski definition) is 2. The lowest BCUT2D eigenvalue weighted by molar-refractivity contribution is -0.158. The third-order valence-corrected chi connectivity index (χ3v) is 1.56. The zero-order chi connectivity index (χ0) is 11.3. The number of ether oxygens (including phenoxy) is 1. The zero-order valence-electron chi connectivity index (χ0n) is 7.97. The van der Waals surface area contributed by atoms with Crippen molar-refractivity contribution in [3.05, 3.63) is 24.0 Å². The van der Waals surface area contributed by atoms with Crippen molar-refractivity contribution in [2.45, 2.75) is 6.42 Å². The predicted molar refractivity (Wildman–Crippen MR) is 52.5 cm³/mol. The second-order valence-corrected chi connectivity index (χ2v) is 2.81. The molecule has 6 nitrogen and oxygen atoms in total. The quantitative estimate of drug-likeness (QED) is 0.500. The van der Waals surface area contributed by atoms with E-state index in [1.54, 1.807) is 6.07 Å². The SMILES string of the molecule is NCC(=O)OC(=O)Cc1cc(N)ccn1. The number of carbonyl (C=O) groups is 2. The number of carbonyl (C=O) groups excluding carboxylic acids is 2. The molecule has 15 heavy (non-hydrogen) atoms. The minimum atomic E-state index is -0.760. The van der Waals surface area contributed by atoms with Crippen LogP contribution in [0, 0.1) is 0 Å².